The number of anilines is 1. The fourth-order valence-corrected chi connectivity index (χ4v) is 4.75. The summed E-state index contributed by atoms with van der Waals surface area (Å²) in [7, 11) is 0. The zero-order valence-electron chi connectivity index (χ0n) is 24.9. The van der Waals surface area contributed by atoms with Crippen LogP contribution in [0.1, 0.15) is 41.6 Å². The lowest BCUT2D eigenvalue weighted by Crippen LogP contribution is -2.45. The Hall–Kier alpha value is -5.43. The van der Waals surface area contributed by atoms with Gasteiger partial charge in [0.2, 0.25) is 0 Å². The smallest absolute Gasteiger partial charge is 0.343 e. The molecule has 0 saturated heterocycles. The molecule has 0 aliphatic rings. The standard InChI is InChI=1S/C37H35N3O4/c1-27(2)35(44-36(41)31-15-7-4-8-16-31)40-23-11-12-29(25-40)24-38-37(42)39-32-21-19-28(20-22-32)26-43-34-18-10-9-17-33(34)30-13-5-3-6-14-30/h3-23,25,27,35H,24,26H2,1-2H3,(H-,38,39,42)/p+1. The van der Waals surface area contributed by atoms with E-state index in [-0.39, 0.29) is 17.9 Å². The number of aromatic nitrogens is 1. The van der Waals surface area contributed by atoms with Crippen LogP contribution >= 0.6 is 0 Å². The Balaban J connectivity index is 1.13. The predicted octanol–water partition coefficient (Wildman–Crippen LogP) is 7.55. The molecule has 1 atom stereocenters. The maximum Gasteiger partial charge on any atom is 0.343 e. The van der Waals surface area contributed by atoms with Crippen LogP contribution in [0.25, 0.3) is 11.1 Å². The van der Waals surface area contributed by atoms with E-state index in [1.54, 1.807) is 12.1 Å². The van der Waals surface area contributed by atoms with Crippen LogP contribution in [0.2, 0.25) is 0 Å². The summed E-state index contributed by atoms with van der Waals surface area (Å²) >= 11 is 0. The number of carbonyl (C=O) groups is 2. The number of nitrogens with zero attached hydrogens (tertiary/aromatic N) is 1. The summed E-state index contributed by atoms with van der Waals surface area (Å²) in [5.41, 5.74) is 5.17. The van der Waals surface area contributed by atoms with Crippen molar-refractivity contribution < 1.29 is 23.6 Å². The average Bonchev–Trinajstić information content (AvgIpc) is 3.07. The molecule has 7 nitrogen and oxygen atoms in total. The second-order valence-electron chi connectivity index (χ2n) is 10.7. The first kappa shape index (κ1) is 30.0. The lowest BCUT2D eigenvalue weighted by atomic mass is 10.0. The summed E-state index contributed by atoms with van der Waals surface area (Å²) in [6.45, 7) is 4.70. The quantitative estimate of drug-likeness (QED) is 0.124. The van der Waals surface area contributed by atoms with Gasteiger partial charge < -0.3 is 20.1 Å². The van der Waals surface area contributed by atoms with Gasteiger partial charge in [0.05, 0.1) is 18.0 Å². The Labute approximate surface area is 258 Å². The third-order valence-electron chi connectivity index (χ3n) is 7.02. The highest BCUT2D eigenvalue weighted by molar-refractivity contribution is 5.89. The molecule has 0 aliphatic carbocycles. The number of carbonyl (C=O) groups excluding carboxylic acids is 2. The van der Waals surface area contributed by atoms with Crippen LogP contribution in [-0.2, 0) is 17.9 Å². The highest BCUT2D eigenvalue weighted by Crippen LogP contribution is 2.30. The number of rotatable bonds is 11. The molecule has 0 spiro atoms. The Kier molecular flexibility index (Phi) is 10.0. The van der Waals surface area contributed by atoms with Crippen LogP contribution in [0.5, 0.6) is 5.75 Å². The molecular weight excluding hydrogens is 550 g/mol. The number of esters is 1. The molecule has 1 unspecified atom stereocenters. The van der Waals surface area contributed by atoms with E-state index < -0.39 is 6.23 Å². The van der Waals surface area contributed by atoms with Gasteiger partial charge in [-0.25, -0.2) is 9.59 Å². The summed E-state index contributed by atoms with van der Waals surface area (Å²) < 4.78 is 13.8. The Morgan fingerprint density at radius 1 is 0.750 bits per heavy atom. The van der Waals surface area contributed by atoms with E-state index in [0.29, 0.717) is 24.4 Å². The molecular formula is C37H36N3O4+. The van der Waals surface area contributed by atoms with Gasteiger partial charge in [-0.2, -0.15) is 4.57 Å². The van der Waals surface area contributed by atoms with E-state index in [1.807, 2.05) is 122 Å². The number of pyridine rings is 1. The molecule has 0 bridgehead atoms. The SMILES string of the molecule is CC(C)C(OC(=O)c1ccccc1)[n+]1cccc(CNC(=O)Nc2ccc(COc3ccccc3-c3ccccc3)cc2)c1. The maximum atomic E-state index is 12.7. The fraction of sp³-hybridized carbons (Fsp3) is 0.162. The first-order valence-corrected chi connectivity index (χ1v) is 14.6. The molecule has 2 N–H and O–H groups in total. The minimum atomic E-state index is -0.495. The highest BCUT2D eigenvalue weighted by Gasteiger charge is 2.28. The van der Waals surface area contributed by atoms with Gasteiger partial charge in [-0.3, -0.25) is 0 Å². The van der Waals surface area contributed by atoms with Crippen molar-refractivity contribution in [3.8, 4) is 16.9 Å². The second kappa shape index (κ2) is 14.6. The fourth-order valence-electron chi connectivity index (χ4n) is 4.75. The molecule has 1 heterocycles. The van der Waals surface area contributed by atoms with Gasteiger partial charge >= 0.3 is 18.2 Å². The number of hydrogen-bond donors (Lipinski definition) is 2. The lowest BCUT2D eigenvalue weighted by Gasteiger charge is -2.17. The van der Waals surface area contributed by atoms with Crippen LogP contribution in [-0.4, -0.2) is 12.0 Å². The zero-order valence-corrected chi connectivity index (χ0v) is 24.9. The first-order valence-electron chi connectivity index (χ1n) is 14.6. The molecule has 0 saturated carbocycles. The molecule has 5 aromatic rings. The highest BCUT2D eigenvalue weighted by atomic mass is 16.6. The van der Waals surface area contributed by atoms with Crippen molar-refractivity contribution in [3.63, 3.8) is 0 Å². The number of urea groups is 1. The van der Waals surface area contributed by atoms with Gasteiger partial charge in [-0.15, -0.1) is 0 Å². The van der Waals surface area contributed by atoms with Gasteiger partial charge in [0.25, 0.3) is 0 Å². The molecule has 7 heteroatoms. The summed E-state index contributed by atoms with van der Waals surface area (Å²) in [5.74, 6) is 0.469. The molecule has 1 aromatic heterocycles. The lowest BCUT2D eigenvalue weighted by molar-refractivity contribution is -0.763. The van der Waals surface area contributed by atoms with E-state index in [2.05, 4.69) is 28.8 Å². The van der Waals surface area contributed by atoms with E-state index in [1.165, 1.54) is 0 Å². The molecule has 0 radical (unpaired) electrons. The van der Waals surface area contributed by atoms with Crippen LogP contribution in [0.3, 0.4) is 0 Å². The summed E-state index contributed by atoms with van der Waals surface area (Å²) in [6.07, 6.45) is 3.25. The minimum absolute atomic E-state index is 0.0335. The van der Waals surface area contributed by atoms with Crippen molar-refractivity contribution in [2.75, 3.05) is 5.32 Å². The van der Waals surface area contributed by atoms with Crippen molar-refractivity contribution in [3.05, 3.63) is 150 Å². The monoisotopic (exact) mass is 586 g/mol. The number of para-hydroxylation sites is 1. The van der Waals surface area contributed by atoms with E-state index in [9.17, 15) is 9.59 Å². The van der Waals surface area contributed by atoms with Crippen LogP contribution < -0.4 is 19.9 Å². The van der Waals surface area contributed by atoms with Crippen molar-refractivity contribution in [1.29, 1.82) is 0 Å². The molecule has 2 amide bonds. The van der Waals surface area contributed by atoms with Gasteiger partial charge in [0, 0.05) is 22.9 Å². The van der Waals surface area contributed by atoms with Gasteiger partial charge in [-0.05, 0) is 47.5 Å². The summed E-state index contributed by atoms with van der Waals surface area (Å²) in [6, 6.07) is 38.1. The third kappa shape index (κ3) is 8.10. The Morgan fingerprint density at radius 3 is 2.16 bits per heavy atom. The topological polar surface area (TPSA) is 80.5 Å². The van der Waals surface area contributed by atoms with Crippen LogP contribution in [0, 0.1) is 5.92 Å². The number of amides is 2. The maximum absolute atomic E-state index is 12.7. The zero-order chi connectivity index (χ0) is 30.7. The van der Waals surface area contributed by atoms with Crippen molar-refractivity contribution >= 4 is 17.7 Å². The van der Waals surface area contributed by atoms with E-state index >= 15 is 0 Å². The third-order valence-corrected chi connectivity index (χ3v) is 7.02. The van der Waals surface area contributed by atoms with Crippen molar-refractivity contribution in [2.24, 2.45) is 5.92 Å². The first-order chi connectivity index (χ1) is 21.5. The average molecular weight is 587 g/mol. The van der Waals surface area contributed by atoms with Gasteiger partial charge in [-0.1, -0.05) is 92.7 Å². The summed E-state index contributed by atoms with van der Waals surface area (Å²) in [5, 5.41) is 5.77. The molecule has 222 valence electrons. The molecule has 0 fully saturated rings. The van der Waals surface area contributed by atoms with E-state index in [0.717, 1.165) is 28.0 Å². The molecule has 4 aromatic carbocycles. The second-order valence-corrected chi connectivity index (χ2v) is 10.7. The van der Waals surface area contributed by atoms with Crippen molar-refractivity contribution in [1.82, 2.24) is 5.32 Å². The number of ether oxygens (including phenoxy) is 2. The normalized spacial score (nSPS) is 11.4. The largest absolute Gasteiger partial charge is 0.488 e. The number of benzene rings is 4. The van der Waals surface area contributed by atoms with Crippen LogP contribution in [0.15, 0.2) is 134 Å². The summed E-state index contributed by atoms with van der Waals surface area (Å²) in [4.78, 5) is 25.3. The molecule has 0 aliphatic heterocycles. The Morgan fingerprint density at radius 2 is 1.43 bits per heavy atom. The van der Waals surface area contributed by atoms with Gasteiger partial charge in [0.15, 0.2) is 12.4 Å². The number of hydrogen-bond acceptors (Lipinski definition) is 4. The predicted molar refractivity (Wildman–Crippen MR) is 171 cm³/mol. The number of nitrogens with one attached hydrogen (secondary N) is 2. The van der Waals surface area contributed by atoms with E-state index in [4.69, 9.17) is 9.47 Å². The molecule has 44 heavy (non-hydrogen) atoms. The van der Waals surface area contributed by atoms with Crippen molar-refractivity contribution in [2.45, 2.75) is 33.2 Å². The minimum Gasteiger partial charge on any atom is -0.488 e. The molecule has 5 rings (SSSR count). The Bertz CT molecular complexity index is 1670. The van der Waals surface area contributed by atoms with Gasteiger partial charge in [0.1, 0.15) is 12.4 Å². The van der Waals surface area contributed by atoms with Crippen LogP contribution in [0.4, 0.5) is 10.5 Å².